The Morgan fingerprint density at radius 1 is 0.926 bits per heavy atom. The Balaban J connectivity index is 1.87. The summed E-state index contributed by atoms with van der Waals surface area (Å²) < 4.78 is 0. The van der Waals surface area contributed by atoms with Crippen molar-refractivity contribution in [3.05, 3.63) is 77.5 Å². The van der Waals surface area contributed by atoms with Crippen molar-refractivity contribution in [2.75, 3.05) is 16.4 Å². The highest BCUT2D eigenvalue weighted by Gasteiger charge is 2.14. The van der Waals surface area contributed by atoms with Gasteiger partial charge in [0, 0.05) is 36.7 Å². The van der Waals surface area contributed by atoms with Crippen molar-refractivity contribution >= 4 is 28.8 Å². The highest BCUT2D eigenvalue weighted by Crippen LogP contribution is 2.24. The fraction of sp³-hybridized carbons (Fsp3) is 0.100. The van der Waals surface area contributed by atoms with Crippen LogP contribution in [0.2, 0.25) is 0 Å². The second-order valence-corrected chi connectivity index (χ2v) is 6.04. The minimum absolute atomic E-state index is 0.297. The minimum Gasteiger partial charge on any atom is -0.384 e. The molecule has 1 heterocycles. The number of pyridine rings is 1. The van der Waals surface area contributed by atoms with Crippen LogP contribution in [-0.4, -0.2) is 10.9 Å². The Morgan fingerprint density at radius 2 is 1.56 bits per heavy atom. The second kappa shape index (κ2) is 8.31. The van der Waals surface area contributed by atoms with Gasteiger partial charge in [-0.05, 0) is 35.4 Å². The molecule has 0 radical (unpaired) electrons. The molecule has 7 heteroatoms. The summed E-state index contributed by atoms with van der Waals surface area (Å²) in [5.74, 6) is 0.0170. The van der Waals surface area contributed by atoms with Crippen molar-refractivity contribution in [2.45, 2.75) is 13.1 Å². The monoisotopic (exact) mass is 362 g/mol. The number of carbonyl (C=O) groups excluding carboxylic acids is 1. The van der Waals surface area contributed by atoms with Gasteiger partial charge in [0.1, 0.15) is 5.82 Å². The molecule has 0 spiro atoms. The molecule has 0 saturated heterocycles. The summed E-state index contributed by atoms with van der Waals surface area (Å²) >= 11 is 0. The zero-order valence-electron chi connectivity index (χ0n) is 14.8. The molecule has 0 bridgehead atoms. The quantitative estimate of drug-likeness (QED) is 0.458. The van der Waals surface area contributed by atoms with E-state index in [2.05, 4.69) is 15.6 Å². The van der Waals surface area contributed by atoms with Gasteiger partial charge in [-0.3, -0.25) is 4.79 Å². The summed E-state index contributed by atoms with van der Waals surface area (Å²) in [6.45, 7) is 0.830. The average Bonchev–Trinajstić information content (AvgIpc) is 2.68. The fourth-order valence-electron chi connectivity index (χ4n) is 2.66. The standard InChI is InChI=1S/C20H22N6O/c21-10-13-3-1-5-15(7-13)25-18-9-19(23)24-12-17(18)20(27)26-16-6-2-4-14(8-16)11-22/h1-9,12H,10-11,21-22H2,(H,26,27)(H3,23,24,25). The van der Waals surface area contributed by atoms with Crippen LogP contribution in [0, 0.1) is 0 Å². The Bertz CT molecular complexity index is 957. The number of rotatable bonds is 6. The Morgan fingerprint density at radius 3 is 2.22 bits per heavy atom. The molecule has 3 aromatic rings. The van der Waals surface area contributed by atoms with Crippen molar-refractivity contribution in [3.8, 4) is 0 Å². The zero-order valence-corrected chi connectivity index (χ0v) is 14.8. The van der Waals surface area contributed by atoms with E-state index in [1.807, 2.05) is 42.5 Å². The molecule has 0 aliphatic heterocycles. The van der Waals surface area contributed by atoms with Crippen LogP contribution < -0.4 is 27.8 Å². The van der Waals surface area contributed by atoms with E-state index in [9.17, 15) is 4.79 Å². The van der Waals surface area contributed by atoms with Gasteiger partial charge in [0.25, 0.3) is 5.91 Å². The van der Waals surface area contributed by atoms with Crippen LogP contribution in [0.25, 0.3) is 0 Å². The van der Waals surface area contributed by atoms with Crippen molar-refractivity contribution in [2.24, 2.45) is 11.5 Å². The van der Waals surface area contributed by atoms with Crippen molar-refractivity contribution < 1.29 is 4.79 Å². The molecule has 27 heavy (non-hydrogen) atoms. The van der Waals surface area contributed by atoms with Gasteiger partial charge in [0.15, 0.2) is 0 Å². The lowest BCUT2D eigenvalue weighted by atomic mass is 10.1. The number of hydrogen-bond acceptors (Lipinski definition) is 6. The molecular formula is C20H22N6O. The van der Waals surface area contributed by atoms with Gasteiger partial charge >= 0.3 is 0 Å². The van der Waals surface area contributed by atoms with E-state index in [0.29, 0.717) is 35.8 Å². The lowest BCUT2D eigenvalue weighted by Crippen LogP contribution is -2.15. The van der Waals surface area contributed by atoms with Gasteiger partial charge in [0.2, 0.25) is 0 Å². The Kier molecular flexibility index (Phi) is 5.65. The van der Waals surface area contributed by atoms with Gasteiger partial charge in [0.05, 0.1) is 11.3 Å². The van der Waals surface area contributed by atoms with Gasteiger partial charge in [-0.2, -0.15) is 0 Å². The van der Waals surface area contributed by atoms with Crippen LogP contribution in [0.4, 0.5) is 22.9 Å². The molecule has 7 nitrogen and oxygen atoms in total. The number of nitrogens with one attached hydrogen (secondary N) is 2. The Hall–Kier alpha value is -3.42. The zero-order chi connectivity index (χ0) is 19.2. The summed E-state index contributed by atoms with van der Waals surface area (Å²) in [5, 5.41) is 6.09. The minimum atomic E-state index is -0.297. The smallest absolute Gasteiger partial charge is 0.259 e. The van der Waals surface area contributed by atoms with E-state index in [0.717, 1.165) is 16.8 Å². The molecule has 0 fully saturated rings. The number of nitrogen functional groups attached to an aromatic ring is 1. The maximum Gasteiger partial charge on any atom is 0.259 e. The first-order chi connectivity index (χ1) is 13.1. The average molecular weight is 362 g/mol. The third-order valence-corrected chi connectivity index (χ3v) is 4.03. The third kappa shape index (κ3) is 4.60. The van der Waals surface area contributed by atoms with E-state index < -0.39 is 0 Å². The van der Waals surface area contributed by atoms with E-state index >= 15 is 0 Å². The maximum atomic E-state index is 12.8. The second-order valence-electron chi connectivity index (χ2n) is 6.04. The number of carbonyl (C=O) groups is 1. The topological polar surface area (TPSA) is 132 Å². The predicted molar refractivity (Wildman–Crippen MR) is 109 cm³/mol. The van der Waals surface area contributed by atoms with Gasteiger partial charge < -0.3 is 27.8 Å². The molecule has 8 N–H and O–H groups in total. The molecule has 3 rings (SSSR count). The number of nitrogens with two attached hydrogens (primary N) is 3. The molecule has 2 aromatic carbocycles. The van der Waals surface area contributed by atoms with Gasteiger partial charge in [-0.1, -0.05) is 24.3 Å². The van der Waals surface area contributed by atoms with Crippen LogP contribution in [0.1, 0.15) is 21.5 Å². The molecule has 138 valence electrons. The number of anilines is 4. The summed E-state index contributed by atoms with van der Waals surface area (Å²) in [7, 11) is 0. The third-order valence-electron chi connectivity index (χ3n) is 4.03. The lowest BCUT2D eigenvalue weighted by molar-refractivity contribution is 0.102. The molecule has 0 saturated carbocycles. The molecule has 1 amide bonds. The molecule has 0 unspecified atom stereocenters. The van der Waals surface area contributed by atoms with Crippen molar-refractivity contribution in [3.63, 3.8) is 0 Å². The van der Waals surface area contributed by atoms with Crippen LogP contribution in [0.15, 0.2) is 60.8 Å². The molecular weight excluding hydrogens is 340 g/mol. The molecule has 0 aliphatic carbocycles. The molecule has 0 aliphatic rings. The van der Waals surface area contributed by atoms with Crippen LogP contribution in [0.5, 0.6) is 0 Å². The van der Waals surface area contributed by atoms with Crippen LogP contribution >= 0.6 is 0 Å². The summed E-state index contributed by atoms with van der Waals surface area (Å²) in [6, 6.07) is 16.7. The highest BCUT2D eigenvalue weighted by molar-refractivity contribution is 6.08. The maximum absolute atomic E-state index is 12.8. The summed E-state index contributed by atoms with van der Waals surface area (Å²) in [5.41, 5.74) is 21.5. The number of hydrogen-bond donors (Lipinski definition) is 5. The number of aromatic nitrogens is 1. The van der Waals surface area contributed by atoms with E-state index in [1.165, 1.54) is 6.20 Å². The lowest BCUT2D eigenvalue weighted by Gasteiger charge is -2.14. The molecule has 1 aromatic heterocycles. The summed E-state index contributed by atoms with van der Waals surface area (Å²) in [6.07, 6.45) is 1.45. The van der Waals surface area contributed by atoms with Crippen LogP contribution in [-0.2, 0) is 13.1 Å². The highest BCUT2D eigenvalue weighted by atomic mass is 16.1. The Labute approximate surface area is 157 Å². The van der Waals surface area contributed by atoms with Crippen LogP contribution in [0.3, 0.4) is 0 Å². The van der Waals surface area contributed by atoms with Crippen molar-refractivity contribution in [1.82, 2.24) is 4.98 Å². The first-order valence-electron chi connectivity index (χ1n) is 8.51. The van der Waals surface area contributed by atoms with E-state index in [-0.39, 0.29) is 5.91 Å². The van der Waals surface area contributed by atoms with E-state index in [4.69, 9.17) is 17.2 Å². The summed E-state index contributed by atoms with van der Waals surface area (Å²) in [4.78, 5) is 16.8. The predicted octanol–water partition coefficient (Wildman–Crippen LogP) is 2.58. The fourth-order valence-corrected chi connectivity index (χ4v) is 2.66. The number of amides is 1. The first-order valence-corrected chi connectivity index (χ1v) is 8.51. The number of benzene rings is 2. The first kappa shape index (κ1) is 18.4. The molecule has 0 atom stereocenters. The SMILES string of the molecule is NCc1cccc(NC(=O)c2cnc(N)cc2Nc2cccc(CN)c2)c1. The largest absolute Gasteiger partial charge is 0.384 e. The normalized spacial score (nSPS) is 10.4. The number of nitrogens with zero attached hydrogens (tertiary/aromatic N) is 1. The van der Waals surface area contributed by atoms with Crippen molar-refractivity contribution in [1.29, 1.82) is 0 Å². The van der Waals surface area contributed by atoms with Gasteiger partial charge in [-0.15, -0.1) is 0 Å². The van der Waals surface area contributed by atoms with E-state index in [1.54, 1.807) is 12.1 Å². The van der Waals surface area contributed by atoms with Gasteiger partial charge in [-0.25, -0.2) is 4.98 Å².